The van der Waals surface area contributed by atoms with E-state index in [0.717, 1.165) is 0 Å². The molecule has 0 bridgehead atoms. The van der Waals surface area contributed by atoms with Crippen LogP contribution in [0, 0.1) is 0 Å². The van der Waals surface area contributed by atoms with Crippen LogP contribution in [0.2, 0.25) is 0 Å². The van der Waals surface area contributed by atoms with E-state index < -0.39 is 30.3 Å². The maximum absolute atomic E-state index is 12.3. The number of rotatable bonds is 3. The topological polar surface area (TPSA) is 37.3 Å². The van der Waals surface area contributed by atoms with Crippen molar-refractivity contribution in [2.75, 3.05) is 0 Å². The van der Waals surface area contributed by atoms with Gasteiger partial charge in [0.1, 0.15) is 6.17 Å². The molecule has 12 heavy (non-hydrogen) atoms. The van der Waals surface area contributed by atoms with E-state index in [1.54, 1.807) is 0 Å². The average Bonchev–Trinajstić information content (AvgIpc) is 1.82. The minimum absolute atomic E-state index is 1.08. The molecule has 1 atom stereocenters. The Hall–Kier alpha value is -1.07. The molecule has 0 aliphatic heterocycles. The Morgan fingerprint density at radius 3 is 2.17 bits per heavy atom. The molecule has 0 aromatic rings. The number of alkyl halides is 4. The van der Waals surface area contributed by atoms with Crippen molar-refractivity contribution in [3.63, 3.8) is 0 Å². The maximum Gasteiger partial charge on any atom is 0.392 e. The molecule has 2 nitrogen and oxygen atoms in total. The first kappa shape index (κ1) is 10.9. The number of halogens is 4. The average molecular weight is 186 g/mol. The van der Waals surface area contributed by atoms with Gasteiger partial charge in [-0.3, -0.25) is 0 Å². The van der Waals surface area contributed by atoms with Gasteiger partial charge in [0.05, 0.1) is 12.0 Å². The number of aliphatic carboxylic acids is 1. The summed E-state index contributed by atoms with van der Waals surface area (Å²) in [5, 5.41) is 8.04. The van der Waals surface area contributed by atoms with E-state index >= 15 is 0 Å². The summed E-state index contributed by atoms with van der Waals surface area (Å²) < 4.78 is 46.7. The summed E-state index contributed by atoms with van der Waals surface area (Å²) in [5.74, 6) is -1.76. The molecule has 6 heteroatoms. The third-order valence-electron chi connectivity index (χ3n) is 1.06. The molecule has 1 N–H and O–H groups in total. The van der Waals surface area contributed by atoms with Crippen LogP contribution in [-0.2, 0) is 4.79 Å². The van der Waals surface area contributed by atoms with Crippen molar-refractivity contribution in [1.29, 1.82) is 0 Å². The summed E-state index contributed by atoms with van der Waals surface area (Å²) >= 11 is 0. The van der Waals surface area contributed by atoms with E-state index in [2.05, 4.69) is 6.58 Å². The van der Waals surface area contributed by atoms with Gasteiger partial charge < -0.3 is 5.11 Å². The summed E-state index contributed by atoms with van der Waals surface area (Å²) in [6.07, 6.45) is -9.09. The molecule has 0 rings (SSSR count). The first-order chi connectivity index (χ1) is 5.24. The van der Waals surface area contributed by atoms with Crippen LogP contribution in [0.15, 0.2) is 12.2 Å². The third-order valence-corrected chi connectivity index (χ3v) is 1.06. The summed E-state index contributed by atoms with van der Waals surface area (Å²) in [6, 6.07) is 0. The molecule has 0 spiro atoms. The van der Waals surface area contributed by atoms with Crippen molar-refractivity contribution in [3.8, 4) is 0 Å². The highest BCUT2D eigenvalue weighted by atomic mass is 19.4. The molecule has 0 saturated carbocycles. The van der Waals surface area contributed by atoms with Crippen LogP contribution in [0.4, 0.5) is 17.6 Å². The minimum Gasteiger partial charge on any atom is -0.478 e. The standard InChI is InChI=1S/C6H6F4O2/c1-3(5(11)12)4(7)2-6(8,9)10/h4H,1-2H2,(H,11,12). The number of carboxylic acids is 1. The van der Waals surface area contributed by atoms with Crippen molar-refractivity contribution in [2.24, 2.45) is 0 Å². The summed E-state index contributed by atoms with van der Waals surface area (Å²) in [6.45, 7) is 2.66. The molecule has 70 valence electrons. The number of carboxylic acid groups (broad SMARTS) is 1. The molecule has 0 heterocycles. The summed E-state index contributed by atoms with van der Waals surface area (Å²) in [5.41, 5.74) is -1.08. The Bertz CT molecular complexity index is 196. The fourth-order valence-electron chi connectivity index (χ4n) is 0.460. The Morgan fingerprint density at radius 2 is 1.92 bits per heavy atom. The largest absolute Gasteiger partial charge is 0.478 e. The molecule has 0 aromatic heterocycles. The van der Waals surface area contributed by atoms with Crippen LogP contribution in [0.1, 0.15) is 6.42 Å². The third kappa shape index (κ3) is 3.95. The second kappa shape index (κ2) is 3.55. The van der Waals surface area contributed by atoms with Gasteiger partial charge in [-0.1, -0.05) is 6.58 Å². The van der Waals surface area contributed by atoms with E-state index in [0.29, 0.717) is 0 Å². The van der Waals surface area contributed by atoms with Crippen molar-refractivity contribution in [2.45, 2.75) is 18.8 Å². The summed E-state index contributed by atoms with van der Waals surface area (Å²) in [4.78, 5) is 9.92. The lowest BCUT2D eigenvalue weighted by molar-refractivity contribution is -0.146. The van der Waals surface area contributed by atoms with Crippen molar-refractivity contribution < 1.29 is 27.5 Å². The van der Waals surface area contributed by atoms with E-state index in [9.17, 15) is 22.4 Å². The van der Waals surface area contributed by atoms with Crippen molar-refractivity contribution >= 4 is 5.97 Å². The fraction of sp³-hybridized carbons (Fsp3) is 0.500. The van der Waals surface area contributed by atoms with Gasteiger partial charge in [0.2, 0.25) is 0 Å². The van der Waals surface area contributed by atoms with E-state index in [1.807, 2.05) is 0 Å². The molecule has 0 aliphatic rings. The normalized spacial score (nSPS) is 14.0. The van der Waals surface area contributed by atoms with Gasteiger partial charge in [-0.05, 0) is 0 Å². The van der Waals surface area contributed by atoms with Crippen LogP contribution < -0.4 is 0 Å². The zero-order valence-corrected chi connectivity index (χ0v) is 5.86. The highest BCUT2D eigenvalue weighted by molar-refractivity contribution is 5.86. The highest BCUT2D eigenvalue weighted by Crippen LogP contribution is 2.25. The van der Waals surface area contributed by atoms with Crippen LogP contribution in [0.3, 0.4) is 0 Å². The Morgan fingerprint density at radius 1 is 1.50 bits per heavy atom. The zero-order chi connectivity index (χ0) is 9.94. The van der Waals surface area contributed by atoms with Gasteiger partial charge >= 0.3 is 12.1 Å². The lowest BCUT2D eigenvalue weighted by atomic mass is 10.1. The predicted molar refractivity (Wildman–Crippen MR) is 32.3 cm³/mol. The Labute approximate surface area is 65.5 Å². The lowest BCUT2D eigenvalue weighted by Gasteiger charge is -2.10. The molecular formula is C6H6F4O2. The first-order valence-corrected chi connectivity index (χ1v) is 2.87. The van der Waals surface area contributed by atoms with Gasteiger partial charge in [-0.2, -0.15) is 13.2 Å². The number of hydrogen-bond donors (Lipinski definition) is 1. The summed E-state index contributed by atoms with van der Waals surface area (Å²) in [7, 11) is 0. The molecule has 1 unspecified atom stereocenters. The second-order valence-electron chi connectivity index (χ2n) is 2.12. The quantitative estimate of drug-likeness (QED) is 0.540. The first-order valence-electron chi connectivity index (χ1n) is 2.87. The van der Waals surface area contributed by atoms with E-state index in [1.165, 1.54) is 0 Å². The van der Waals surface area contributed by atoms with Crippen molar-refractivity contribution in [3.05, 3.63) is 12.2 Å². The number of carbonyl (C=O) groups is 1. The molecule has 0 saturated heterocycles. The molecular weight excluding hydrogens is 180 g/mol. The molecule has 0 aliphatic carbocycles. The van der Waals surface area contributed by atoms with Gasteiger partial charge in [-0.15, -0.1) is 0 Å². The molecule has 0 radical (unpaired) electrons. The van der Waals surface area contributed by atoms with Crippen LogP contribution in [-0.4, -0.2) is 23.4 Å². The number of hydrogen-bond acceptors (Lipinski definition) is 1. The van der Waals surface area contributed by atoms with Crippen LogP contribution in [0.25, 0.3) is 0 Å². The van der Waals surface area contributed by atoms with Gasteiger partial charge in [-0.25, -0.2) is 9.18 Å². The van der Waals surface area contributed by atoms with E-state index in [-0.39, 0.29) is 0 Å². The van der Waals surface area contributed by atoms with Crippen LogP contribution in [0.5, 0.6) is 0 Å². The van der Waals surface area contributed by atoms with Gasteiger partial charge in [0.15, 0.2) is 0 Å². The van der Waals surface area contributed by atoms with Crippen LogP contribution >= 0.6 is 0 Å². The van der Waals surface area contributed by atoms with Gasteiger partial charge in [0, 0.05) is 0 Å². The minimum atomic E-state index is -4.71. The highest BCUT2D eigenvalue weighted by Gasteiger charge is 2.34. The fourth-order valence-corrected chi connectivity index (χ4v) is 0.460. The second-order valence-corrected chi connectivity index (χ2v) is 2.12. The maximum atomic E-state index is 12.3. The molecule has 0 amide bonds. The Balaban J connectivity index is 4.14. The van der Waals surface area contributed by atoms with E-state index in [4.69, 9.17) is 5.11 Å². The predicted octanol–water partition coefficient (Wildman–Crippen LogP) is 1.92. The molecule has 0 aromatic carbocycles. The lowest BCUT2D eigenvalue weighted by Crippen LogP contribution is -2.20. The SMILES string of the molecule is C=C(C(=O)O)C(F)CC(F)(F)F. The molecule has 0 fully saturated rings. The Kier molecular flexibility index (Phi) is 3.24. The van der Waals surface area contributed by atoms with Gasteiger partial charge in [0.25, 0.3) is 0 Å². The monoisotopic (exact) mass is 186 g/mol. The smallest absolute Gasteiger partial charge is 0.392 e. The van der Waals surface area contributed by atoms with Crippen molar-refractivity contribution in [1.82, 2.24) is 0 Å². The zero-order valence-electron chi connectivity index (χ0n) is 5.86.